The highest BCUT2D eigenvalue weighted by atomic mass is 79.9. The molecule has 0 aromatic heterocycles. The van der Waals surface area contributed by atoms with Gasteiger partial charge in [-0.05, 0) is 38.6 Å². The smallest absolute Gasteiger partial charge is 0.0718 e. The van der Waals surface area contributed by atoms with Crippen LogP contribution in [0.5, 0.6) is 0 Å². The van der Waals surface area contributed by atoms with Crippen LogP contribution in [0.4, 0.5) is 5.69 Å². The molecule has 1 aliphatic rings. The Bertz CT molecular complexity index is 465. The van der Waals surface area contributed by atoms with Crippen LogP contribution in [0, 0.1) is 0 Å². The Balaban J connectivity index is 1.94. The lowest BCUT2D eigenvalue weighted by molar-refractivity contribution is 0.0345. The molecule has 1 saturated heterocycles. The van der Waals surface area contributed by atoms with Crippen LogP contribution in [0.2, 0.25) is 0 Å². The van der Waals surface area contributed by atoms with E-state index >= 15 is 0 Å². The van der Waals surface area contributed by atoms with Gasteiger partial charge in [-0.2, -0.15) is 0 Å². The minimum atomic E-state index is -0.611. The van der Waals surface area contributed by atoms with E-state index in [0.717, 1.165) is 43.7 Å². The van der Waals surface area contributed by atoms with Crippen molar-refractivity contribution < 1.29 is 5.11 Å². The Morgan fingerprint density at radius 2 is 1.90 bits per heavy atom. The van der Waals surface area contributed by atoms with Crippen molar-refractivity contribution in [1.29, 1.82) is 0 Å². The van der Waals surface area contributed by atoms with E-state index < -0.39 is 5.60 Å². The number of β-amino-alcohol motifs (C(OH)–C–C–N with tert-alkyl or cyclic N) is 1. The van der Waals surface area contributed by atoms with Crippen molar-refractivity contribution in [1.82, 2.24) is 10.2 Å². The average Bonchev–Trinajstić information content (AvgIpc) is 2.40. The van der Waals surface area contributed by atoms with Gasteiger partial charge in [0.15, 0.2) is 0 Å². The number of nitrogens with zero attached hydrogens (tertiary/aromatic N) is 2. The van der Waals surface area contributed by atoms with Crippen LogP contribution in [0.3, 0.4) is 0 Å². The predicted octanol–water partition coefficient (Wildman–Crippen LogP) is 2.06. The molecule has 0 amide bonds. The number of nitrogens with one attached hydrogen (secondary N) is 1. The lowest BCUT2D eigenvalue weighted by atomic mass is 10.1. The fraction of sp³-hybridized carbons (Fsp3) is 0.625. The molecule has 0 radical (unpaired) electrons. The number of hydrogen-bond donors (Lipinski definition) is 2. The van der Waals surface area contributed by atoms with Gasteiger partial charge >= 0.3 is 0 Å². The molecule has 0 aliphatic carbocycles. The number of benzene rings is 1. The average molecular weight is 356 g/mol. The van der Waals surface area contributed by atoms with Gasteiger partial charge in [0.05, 0.1) is 5.60 Å². The second kappa shape index (κ2) is 7.09. The van der Waals surface area contributed by atoms with E-state index in [0.29, 0.717) is 0 Å². The second-order valence-corrected chi connectivity index (χ2v) is 7.24. The van der Waals surface area contributed by atoms with Crippen LogP contribution >= 0.6 is 15.9 Å². The molecule has 5 heteroatoms. The van der Waals surface area contributed by atoms with E-state index in [9.17, 15) is 5.11 Å². The van der Waals surface area contributed by atoms with Crippen molar-refractivity contribution in [2.24, 2.45) is 0 Å². The lowest BCUT2D eigenvalue weighted by Crippen LogP contribution is -2.50. The molecule has 0 unspecified atom stereocenters. The summed E-state index contributed by atoms with van der Waals surface area (Å²) in [5, 5.41) is 13.1. The van der Waals surface area contributed by atoms with Gasteiger partial charge in [-0.25, -0.2) is 0 Å². The van der Waals surface area contributed by atoms with Gasteiger partial charge in [-0.15, -0.1) is 0 Å². The van der Waals surface area contributed by atoms with E-state index in [1.165, 1.54) is 11.3 Å². The Kier molecular flexibility index (Phi) is 5.66. The maximum absolute atomic E-state index is 9.90. The predicted molar refractivity (Wildman–Crippen MR) is 91.9 cm³/mol. The summed E-state index contributed by atoms with van der Waals surface area (Å²) < 4.78 is 1.16. The van der Waals surface area contributed by atoms with Crippen molar-refractivity contribution in [2.45, 2.75) is 26.0 Å². The van der Waals surface area contributed by atoms with Crippen LogP contribution in [0.15, 0.2) is 22.7 Å². The SMILES string of the molecule is CNCc1ccc(N2CCN(CC(C)(C)O)CC2)cc1Br. The van der Waals surface area contributed by atoms with Gasteiger partial charge in [0, 0.05) is 49.4 Å². The molecule has 1 heterocycles. The van der Waals surface area contributed by atoms with Crippen molar-refractivity contribution in [2.75, 3.05) is 44.7 Å². The third-order valence-electron chi connectivity index (χ3n) is 3.75. The summed E-state index contributed by atoms with van der Waals surface area (Å²) in [7, 11) is 1.96. The molecule has 0 spiro atoms. The first kappa shape index (κ1) is 16.7. The Morgan fingerprint density at radius 1 is 1.24 bits per heavy atom. The zero-order valence-electron chi connectivity index (χ0n) is 13.2. The van der Waals surface area contributed by atoms with Crippen molar-refractivity contribution in [3.05, 3.63) is 28.2 Å². The molecule has 1 fully saturated rings. The summed E-state index contributed by atoms with van der Waals surface area (Å²) in [6.07, 6.45) is 0. The van der Waals surface area contributed by atoms with Crippen LogP contribution in [0.1, 0.15) is 19.4 Å². The quantitative estimate of drug-likeness (QED) is 0.847. The molecule has 21 heavy (non-hydrogen) atoms. The molecule has 118 valence electrons. The van der Waals surface area contributed by atoms with Crippen molar-refractivity contribution in [3.63, 3.8) is 0 Å². The maximum atomic E-state index is 9.90. The van der Waals surface area contributed by atoms with E-state index in [-0.39, 0.29) is 0 Å². The van der Waals surface area contributed by atoms with E-state index in [2.05, 4.69) is 49.2 Å². The van der Waals surface area contributed by atoms with Crippen LogP contribution in [0.25, 0.3) is 0 Å². The zero-order chi connectivity index (χ0) is 15.5. The highest BCUT2D eigenvalue weighted by Crippen LogP contribution is 2.25. The first-order valence-electron chi connectivity index (χ1n) is 7.52. The van der Waals surface area contributed by atoms with Gasteiger partial charge in [0.2, 0.25) is 0 Å². The van der Waals surface area contributed by atoms with Gasteiger partial charge in [-0.1, -0.05) is 22.0 Å². The van der Waals surface area contributed by atoms with E-state index in [4.69, 9.17) is 0 Å². The van der Waals surface area contributed by atoms with Gasteiger partial charge < -0.3 is 15.3 Å². The highest BCUT2D eigenvalue weighted by Gasteiger charge is 2.23. The summed E-state index contributed by atoms with van der Waals surface area (Å²) in [5.74, 6) is 0. The first-order chi connectivity index (χ1) is 9.89. The van der Waals surface area contributed by atoms with Crippen LogP contribution < -0.4 is 10.2 Å². The fourth-order valence-electron chi connectivity index (χ4n) is 2.78. The third-order valence-corrected chi connectivity index (χ3v) is 4.49. The van der Waals surface area contributed by atoms with Crippen molar-refractivity contribution in [3.8, 4) is 0 Å². The van der Waals surface area contributed by atoms with Crippen molar-refractivity contribution >= 4 is 21.6 Å². The number of halogens is 1. The van der Waals surface area contributed by atoms with Crippen LogP contribution in [-0.4, -0.2) is 55.4 Å². The number of hydrogen-bond acceptors (Lipinski definition) is 4. The standard InChI is InChI=1S/C16H26BrN3O/c1-16(2,21)12-19-6-8-20(9-7-19)14-5-4-13(11-18-3)15(17)10-14/h4-5,10,18,21H,6-9,11-12H2,1-3H3. The van der Waals surface area contributed by atoms with Gasteiger partial charge in [0.25, 0.3) is 0 Å². The Labute approximate surface area is 136 Å². The highest BCUT2D eigenvalue weighted by molar-refractivity contribution is 9.10. The van der Waals surface area contributed by atoms with Gasteiger partial charge in [-0.3, -0.25) is 4.90 Å². The molecule has 0 saturated carbocycles. The number of anilines is 1. The largest absolute Gasteiger partial charge is 0.389 e. The maximum Gasteiger partial charge on any atom is 0.0718 e. The summed E-state index contributed by atoms with van der Waals surface area (Å²) >= 11 is 3.66. The number of rotatable bonds is 5. The lowest BCUT2D eigenvalue weighted by Gasteiger charge is -2.38. The third kappa shape index (κ3) is 4.95. The molecule has 1 aromatic rings. The van der Waals surface area contributed by atoms with Gasteiger partial charge in [0.1, 0.15) is 0 Å². The normalized spacial score (nSPS) is 17.3. The molecule has 1 aliphatic heterocycles. The Morgan fingerprint density at radius 3 is 2.43 bits per heavy atom. The second-order valence-electron chi connectivity index (χ2n) is 6.38. The number of aliphatic hydroxyl groups is 1. The zero-order valence-corrected chi connectivity index (χ0v) is 14.8. The molecule has 4 nitrogen and oxygen atoms in total. The minimum Gasteiger partial charge on any atom is -0.389 e. The molecule has 0 bridgehead atoms. The summed E-state index contributed by atoms with van der Waals surface area (Å²) in [4.78, 5) is 4.75. The van der Waals surface area contributed by atoms with E-state index in [1.807, 2.05) is 20.9 Å². The topological polar surface area (TPSA) is 38.7 Å². The summed E-state index contributed by atoms with van der Waals surface area (Å²) in [5.41, 5.74) is 1.94. The van der Waals surface area contributed by atoms with E-state index in [1.54, 1.807) is 0 Å². The monoisotopic (exact) mass is 355 g/mol. The van der Waals surface area contributed by atoms with Crippen LogP contribution in [-0.2, 0) is 6.54 Å². The fourth-order valence-corrected chi connectivity index (χ4v) is 3.29. The summed E-state index contributed by atoms with van der Waals surface area (Å²) in [6.45, 7) is 9.38. The Hall–Kier alpha value is -0.620. The molecule has 0 atom stereocenters. The molecular formula is C16H26BrN3O. The summed E-state index contributed by atoms with van der Waals surface area (Å²) in [6, 6.07) is 6.58. The number of piperazine rings is 1. The molecule has 1 aromatic carbocycles. The molecule has 2 N–H and O–H groups in total. The molecule has 2 rings (SSSR count). The minimum absolute atomic E-state index is 0.611. The molecular weight excluding hydrogens is 330 g/mol. The first-order valence-corrected chi connectivity index (χ1v) is 8.31.